The van der Waals surface area contributed by atoms with Crippen molar-refractivity contribution in [3.63, 3.8) is 0 Å². The molecular weight excluding hydrogens is 264 g/mol. The van der Waals surface area contributed by atoms with Gasteiger partial charge in [0.2, 0.25) is 0 Å². The summed E-state index contributed by atoms with van der Waals surface area (Å²) in [4.78, 5) is 22.7. The molecule has 1 fully saturated rings. The smallest absolute Gasteiger partial charge is 0.326 e. The largest absolute Gasteiger partial charge is 0.504 e. The molecule has 0 aliphatic heterocycles. The van der Waals surface area contributed by atoms with Crippen LogP contribution in [-0.4, -0.2) is 39.4 Å². The molecule has 1 unspecified atom stereocenters. The average Bonchev–Trinajstić information content (AvgIpc) is 3.16. The molecule has 0 bridgehead atoms. The topological polar surface area (TPSA) is 119 Å². The van der Waals surface area contributed by atoms with Gasteiger partial charge in [0, 0.05) is 12.5 Å². The predicted octanol–water partition coefficient (Wildman–Crippen LogP) is 0.555. The summed E-state index contributed by atoms with van der Waals surface area (Å²) in [7, 11) is 0. The number of urea groups is 1. The lowest BCUT2D eigenvalue weighted by molar-refractivity contribution is -0.139. The second kappa shape index (κ2) is 5.68. The highest BCUT2D eigenvalue weighted by Crippen LogP contribution is 2.25. The molecule has 0 aromatic heterocycles. The molecule has 2 rings (SSSR count). The SMILES string of the molecule is O=C(NC1CC1)NC(Cc1ccc(O)c(O)c1)C(=O)O. The van der Waals surface area contributed by atoms with Gasteiger partial charge in [-0.15, -0.1) is 0 Å². The molecule has 20 heavy (non-hydrogen) atoms. The van der Waals surface area contributed by atoms with Crippen molar-refractivity contribution < 1.29 is 24.9 Å². The molecule has 1 aliphatic carbocycles. The number of phenolic OH excluding ortho intramolecular Hbond substituents is 2. The van der Waals surface area contributed by atoms with Gasteiger partial charge in [0.1, 0.15) is 6.04 Å². The number of amides is 2. The van der Waals surface area contributed by atoms with Crippen LogP contribution in [0.1, 0.15) is 18.4 Å². The third-order valence-electron chi connectivity index (χ3n) is 3.00. The van der Waals surface area contributed by atoms with E-state index in [1.165, 1.54) is 18.2 Å². The number of hydrogen-bond donors (Lipinski definition) is 5. The molecule has 1 atom stereocenters. The number of carbonyl (C=O) groups is 2. The molecule has 108 valence electrons. The quantitative estimate of drug-likeness (QED) is 0.505. The lowest BCUT2D eigenvalue weighted by atomic mass is 10.1. The van der Waals surface area contributed by atoms with Gasteiger partial charge in [0.15, 0.2) is 11.5 Å². The number of benzene rings is 1. The Hall–Kier alpha value is -2.44. The Morgan fingerprint density at radius 1 is 1.25 bits per heavy atom. The summed E-state index contributed by atoms with van der Waals surface area (Å²) in [5, 5.41) is 32.7. The maximum atomic E-state index is 11.5. The van der Waals surface area contributed by atoms with E-state index in [1.54, 1.807) is 0 Å². The van der Waals surface area contributed by atoms with E-state index in [9.17, 15) is 19.8 Å². The number of aliphatic carboxylic acids is 1. The molecule has 1 saturated carbocycles. The van der Waals surface area contributed by atoms with E-state index in [0.29, 0.717) is 5.56 Å². The minimum Gasteiger partial charge on any atom is -0.504 e. The van der Waals surface area contributed by atoms with Crippen molar-refractivity contribution in [3.8, 4) is 11.5 Å². The molecule has 1 aromatic rings. The number of carboxylic acids is 1. The van der Waals surface area contributed by atoms with Crippen LogP contribution in [0.2, 0.25) is 0 Å². The number of nitrogens with one attached hydrogen (secondary N) is 2. The standard InChI is InChI=1S/C13H16N2O5/c16-10-4-1-7(6-11(10)17)5-9(12(18)19)15-13(20)14-8-2-3-8/h1,4,6,8-9,16-17H,2-3,5H2,(H,18,19)(H2,14,15,20). The number of aromatic hydroxyl groups is 2. The van der Waals surface area contributed by atoms with Crippen LogP contribution in [0.25, 0.3) is 0 Å². The summed E-state index contributed by atoms with van der Waals surface area (Å²) < 4.78 is 0. The predicted molar refractivity (Wildman–Crippen MR) is 69.6 cm³/mol. The van der Waals surface area contributed by atoms with Crippen LogP contribution in [0, 0.1) is 0 Å². The summed E-state index contributed by atoms with van der Waals surface area (Å²) in [5.74, 6) is -1.77. The van der Waals surface area contributed by atoms with Gasteiger partial charge in [-0.25, -0.2) is 9.59 Å². The first kappa shape index (κ1) is 14.0. The molecule has 1 aromatic carbocycles. The van der Waals surface area contributed by atoms with E-state index in [1.807, 2.05) is 0 Å². The summed E-state index contributed by atoms with van der Waals surface area (Å²) in [5.41, 5.74) is 0.499. The number of carbonyl (C=O) groups excluding carboxylic acids is 1. The van der Waals surface area contributed by atoms with Crippen molar-refractivity contribution in [1.29, 1.82) is 0 Å². The second-order valence-corrected chi connectivity index (χ2v) is 4.81. The van der Waals surface area contributed by atoms with Crippen LogP contribution >= 0.6 is 0 Å². The van der Waals surface area contributed by atoms with Crippen LogP contribution < -0.4 is 10.6 Å². The third-order valence-corrected chi connectivity index (χ3v) is 3.00. The van der Waals surface area contributed by atoms with Gasteiger partial charge >= 0.3 is 12.0 Å². The first-order chi connectivity index (χ1) is 9.45. The van der Waals surface area contributed by atoms with E-state index in [4.69, 9.17) is 5.11 Å². The zero-order chi connectivity index (χ0) is 14.7. The maximum Gasteiger partial charge on any atom is 0.326 e. The van der Waals surface area contributed by atoms with Gasteiger partial charge in [-0.2, -0.15) is 0 Å². The minimum absolute atomic E-state index is 0.0151. The van der Waals surface area contributed by atoms with Crippen LogP contribution in [0.4, 0.5) is 4.79 Å². The Kier molecular flexibility index (Phi) is 3.97. The Morgan fingerprint density at radius 2 is 1.95 bits per heavy atom. The number of phenols is 2. The van der Waals surface area contributed by atoms with Crippen LogP contribution in [0.15, 0.2) is 18.2 Å². The lowest BCUT2D eigenvalue weighted by Crippen LogP contribution is -2.47. The fourth-order valence-corrected chi connectivity index (χ4v) is 1.74. The average molecular weight is 280 g/mol. The van der Waals surface area contributed by atoms with Crippen LogP contribution in [0.3, 0.4) is 0 Å². The molecule has 0 spiro atoms. The van der Waals surface area contributed by atoms with Gasteiger partial charge in [0.25, 0.3) is 0 Å². The van der Waals surface area contributed by atoms with Gasteiger partial charge in [-0.3, -0.25) is 0 Å². The first-order valence-corrected chi connectivity index (χ1v) is 6.26. The molecular formula is C13H16N2O5. The second-order valence-electron chi connectivity index (χ2n) is 4.81. The van der Waals surface area contributed by atoms with Crippen molar-refractivity contribution in [3.05, 3.63) is 23.8 Å². The molecule has 7 heteroatoms. The maximum absolute atomic E-state index is 11.5. The molecule has 2 amide bonds. The molecule has 1 aliphatic rings. The molecule has 0 radical (unpaired) electrons. The summed E-state index contributed by atoms with van der Waals surface area (Å²) in [6.45, 7) is 0. The van der Waals surface area contributed by atoms with Gasteiger partial charge < -0.3 is 26.0 Å². The number of carboxylic acid groups (broad SMARTS) is 1. The van der Waals surface area contributed by atoms with E-state index in [2.05, 4.69) is 10.6 Å². The van der Waals surface area contributed by atoms with Gasteiger partial charge in [0.05, 0.1) is 0 Å². The van der Waals surface area contributed by atoms with E-state index in [0.717, 1.165) is 12.8 Å². The number of hydrogen-bond acceptors (Lipinski definition) is 4. The van der Waals surface area contributed by atoms with E-state index < -0.39 is 18.0 Å². The lowest BCUT2D eigenvalue weighted by Gasteiger charge is -2.15. The van der Waals surface area contributed by atoms with Crippen molar-refractivity contribution in [2.24, 2.45) is 0 Å². The Bertz CT molecular complexity index is 527. The van der Waals surface area contributed by atoms with E-state index in [-0.39, 0.29) is 24.0 Å². The Balaban J connectivity index is 1.98. The van der Waals surface area contributed by atoms with Crippen LogP contribution in [-0.2, 0) is 11.2 Å². The van der Waals surface area contributed by atoms with Gasteiger partial charge in [-0.05, 0) is 30.5 Å². The molecule has 0 saturated heterocycles. The molecule has 0 heterocycles. The van der Waals surface area contributed by atoms with Crippen LogP contribution in [0.5, 0.6) is 11.5 Å². The molecule has 7 nitrogen and oxygen atoms in total. The monoisotopic (exact) mass is 280 g/mol. The zero-order valence-electron chi connectivity index (χ0n) is 10.7. The number of rotatable bonds is 5. The highest BCUT2D eigenvalue weighted by Gasteiger charge is 2.26. The summed E-state index contributed by atoms with van der Waals surface area (Å²) >= 11 is 0. The summed E-state index contributed by atoms with van der Waals surface area (Å²) in [6, 6.07) is 2.56. The zero-order valence-corrected chi connectivity index (χ0v) is 10.7. The highest BCUT2D eigenvalue weighted by molar-refractivity contribution is 5.83. The van der Waals surface area contributed by atoms with Crippen molar-refractivity contribution >= 4 is 12.0 Å². The van der Waals surface area contributed by atoms with Crippen molar-refractivity contribution in [2.45, 2.75) is 31.3 Å². The Labute approximate surface area is 115 Å². The molecule has 5 N–H and O–H groups in total. The van der Waals surface area contributed by atoms with Gasteiger partial charge in [-0.1, -0.05) is 6.07 Å². The van der Waals surface area contributed by atoms with Crippen molar-refractivity contribution in [2.75, 3.05) is 0 Å². The normalized spacial score (nSPS) is 15.4. The minimum atomic E-state index is -1.16. The fraction of sp³-hybridized carbons (Fsp3) is 0.385. The fourth-order valence-electron chi connectivity index (χ4n) is 1.74. The van der Waals surface area contributed by atoms with Crippen molar-refractivity contribution in [1.82, 2.24) is 10.6 Å². The summed E-state index contributed by atoms with van der Waals surface area (Å²) in [6.07, 6.45) is 1.84. The Morgan fingerprint density at radius 3 is 2.50 bits per heavy atom. The highest BCUT2D eigenvalue weighted by atomic mass is 16.4. The third kappa shape index (κ3) is 3.78. The first-order valence-electron chi connectivity index (χ1n) is 6.26. The van der Waals surface area contributed by atoms with E-state index >= 15 is 0 Å².